The number of fused-ring (bicyclic) bond motifs is 2. The molecule has 1 N–H and O–H groups in total. The summed E-state index contributed by atoms with van der Waals surface area (Å²) in [6, 6.07) is 3.36. The van der Waals surface area contributed by atoms with E-state index in [0.717, 1.165) is 18.9 Å². The van der Waals surface area contributed by atoms with Crippen molar-refractivity contribution in [2.45, 2.75) is 49.8 Å². The molecule has 1 aromatic carbocycles. The van der Waals surface area contributed by atoms with Crippen LogP contribution in [0.3, 0.4) is 0 Å². The third kappa shape index (κ3) is 2.65. The molecule has 3 rings (SSSR count). The minimum atomic E-state index is -1.05. The predicted molar refractivity (Wildman–Crippen MR) is 78.1 cm³/mol. The molecule has 2 aliphatic rings. The summed E-state index contributed by atoms with van der Waals surface area (Å²) in [5.41, 5.74) is -0.741. The minimum Gasteiger partial charge on any atom is -0.389 e. The zero-order valence-electron chi connectivity index (χ0n) is 12.3. The van der Waals surface area contributed by atoms with E-state index in [2.05, 4.69) is 6.58 Å². The van der Waals surface area contributed by atoms with Crippen LogP contribution >= 0.6 is 0 Å². The van der Waals surface area contributed by atoms with E-state index in [9.17, 15) is 18.7 Å². The van der Waals surface area contributed by atoms with Crippen LogP contribution in [0.4, 0.5) is 8.78 Å². The fourth-order valence-electron chi connectivity index (χ4n) is 3.95. The van der Waals surface area contributed by atoms with E-state index in [-0.39, 0.29) is 24.4 Å². The van der Waals surface area contributed by atoms with Crippen LogP contribution in [0.25, 0.3) is 0 Å². The highest BCUT2D eigenvalue weighted by atomic mass is 19.1. The first kappa shape index (κ1) is 15.2. The molecule has 2 bridgehead atoms. The summed E-state index contributed by atoms with van der Waals surface area (Å²) >= 11 is 0. The summed E-state index contributed by atoms with van der Waals surface area (Å²) in [6.07, 6.45) is 3.97. The lowest BCUT2D eigenvalue weighted by Crippen LogP contribution is -2.53. The van der Waals surface area contributed by atoms with E-state index in [1.807, 2.05) is 0 Å². The molecule has 22 heavy (non-hydrogen) atoms. The molecule has 0 saturated carbocycles. The molecule has 5 heteroatoms. The second-order valence-electron chi connectivity index (χ2n) is 6.38. The first-order chi connectivity index (χ1) is 10.4. The molecule has 2 saturated heterocycles. The number of hydrogen-bond donors (Lipinski definition) is 1. The van der Waals surface area contributed by atoms with Gasteiger partial charge in [-0.3, -0.25) is 4.79 Å². The van der Waals surface area contributed by atoms with Crippen molar-refractivity contribution >= 4 is 5.91 Å². The Labute approximate surface area is 128 Å². The molecule has 1 aromatic rings. The number of carbonyl (C=O) groups excluding carboxylic acids is 1. The van der Waals surface area contributed by atoms with Crippen molar-refractivity contribution in [3.63, 3.8) is 0 Å². The van der Waals surface area contributed by atoms with E-state index < -0.39 is 17.2 Å². The molecule has 0 radical (unpaired) electrons. The maximum absolute atomic E-state index is 13.8. The second-order valence-corrected chi connectivity index (χ2v) is 6.38. The lowest BCUT2D eigenvalue weighted by molar-refractivity contribution is -0.136. The number of piperidine rings is 1. The van der Waals surface area contributed by atoms with Crippen LogP contribution in [0.5, 0.6) is 0 Å². The van der Waals surface area contributed by atoms with Crippen LogP contribution in [0.2, 0.25) is 0 Å². The molecule has 2 atom stereocenters. The van der Waals surface area contributed by atoms with E-state index in [1.54, 1.807) is 4.90 Å². The lowest BCUT2D eigenvalue weighted by Gasteiger charge is -2.43. The number of carbonyl (C=O) groups is 1. The van der Waals surface area contributed by atoms with Gasteiger partial charge in [-0.1, -0.05) is 12.6 Å². The summed E-state index contributed by atoms with van der Waals surface area (Å²) < 4.78 is 26.8. The SMILES string of the molecule is C=CC(=O)N1C2CCC1CC(O)(Cc1ccc(F)cc1F)C2. The van der Waals surface area contributed by atoms with Gasteiger partial charge in [-0.2, -0.15) is 0 Å². The number of nitrogens with zero attached hydrogens (tertiary/aromatic N) is 1. The Morgan fingerprint density at radius 1 is 1.36 bits per heavy atom. The summed E-state index contributed by atoms with van der Waals surface area (Å²) in [6.45, 7) is 3.52. The van der Waals surface area contributed by atoms with Gasteiger partial charge in [0.05, 0.1) is 5.60 Å². The van der Waals surface area contributed by atoms with Crippen molar-refractivity contribution in [2.75, 3.05) is 0 Å². The zero-order chi connectivity index (χ0) is 15.9. The largest absolute Gasteiger partial charge is 0.389 e. The second kappa shape index (κ2) is 5.47. The lowest BCUT2D eigenvalue weighted by atomic mass is 9.81. The van der Waals surface area contributed by atoms with Crippen molar-refractivity contribution in [1.29, 1.82) is 0 Å². The maximum atomic E-state index is 13.8. The molecule has 3 nitrogen and oxygen atoms in total. The van der Waals surface area contributed by atoms with Gasteiger partial charge in [0.15, 0.2) is 0 Å². The van der Waals surface area contributed by atoms with Crippen LogP contribution in [-0.4, -0.2) is 33.6 Å². The molecule has 0 spiro atoms. The summed E-state index contributed by atoms with van der Waals surface area (Å²) in [4.78, 5) is 13.7. The Morgan fingerprint density at radius 2 is 2.00 bits per heavy atom. The zero-order valence-corrected chi connectivity index (χ0v) is 12.3. The van der Waals surface area contributed by atoms with Crippen molar-refractivity contribution in [3.05, 3.63) is 48.1 Å². The summed E-state index contributed by atoms with van der Waals surface area (Å²) in [5.74, 6) is -1.37. The van der Waals surface area contributed by atoms with Gasteiger partial charge in [0, 0.05) is 24.6 Å². The Bertz CT molecular complexity index is 603. The molecule has 0 aromatic heterocycles. The van der Waals surface area contributed by atoms with Gasteiger partial charge in [-0.15, -0.1) is 0 Å². The fraction of sp³-hybridized carbons (Fsp3) is 0.471. The Kier molecular flexibility index (Phi) is 3.77. The molecular formula is C17H19F2NO2. The molecule has 2 fully saturated rings. The van der Waals surface area contributed by atoms with Gasteiger partial charge < -0.3 is 10.0 Å². The third-order valence-electron chi connectivity index (χ3n) is 4.81. The Balaban J connectivity index is 1.79. The number of rotatable bonds is 3. The van der Waals surface area contributed by atoms with E-state index >= 15 is 0 Å². The monoisotopic (exact) mass is 307 g/mol. The van der Waals surface area contributed by atoms with Crippen molar-refractivity contribution in [3.8, 4) is 0 Å². The quantitative estimate of drug-likeness (QED) is 0.872. The normalized spacial score (nSPS) is 30.4. The molecule has 1 amide bonds. The average molecular weight is 307 g/mol. The van der Waals surface area contributed by atoms with Gasteiger partial charge in [0.1, 0.15) is 11.6 Å². The van der Waals surface area contributed by atoms with Crippen LogP contribution < -0.4 is 0 Å². The summed E-state index contributed by atoms with van der Waals surface area (Å²) in [7, 11) is 0. The highest BCUT2D eigenvalue weighted by Gasteiger charge is 2.48. The first-order valence-corrected chi connectivity index (χ1v) is 7.53. The topological polar surface area (TPSA) is 40.5 Å². The molecule has 2 aliphatic heterocycles. The van der Waals surface area contributed by atoms with Crippen molar-refractivity contribution in [2.24, 2.45) is 0 Å². The smallest absolute Gasteiger partial charge is 0.246 e. The molecular weight excluding hydrogens is 288 g/mol. The van der Waals surface area contributed by atoms with Gasteiger partial charge in [-0.05, 0) is 43.4 Å². The third-order valence-corrected chi connectivity index (χ3v) is 4.81. The van der Waals surface area contributed by atoms with E-state index in [1.165, 1.54) is 18.2 Å². The number of hydrogen-bond acceptors (Lipinski definition) is 2. The Hall–Kier alpha value is -1.75. The number of amides is 1. The maximum Gasteiger partial charge on any atom is 0.246 e. The number of aliphatic hydroxyl groups is 1. The molecule has 0 aliphatic carbocycles. The highest BCUT2D eigenvalue weighted by Crippen LogP contribution is 2.42. The average Bonchev–Trinajstić information content (AvgIpc) is 2.74. The van der Waals surface area contributed by atoms with Crippen LogP contribution in [-0.2, 0) is 11.2 Å². The number of halogens is 2. The van der Waals surface area contributed by atoms with E-state index in [0.29, 0.717) is 18.4 Å². The summed E-state index contributed by atoms with van der Waals surface area (Å²) in [5, 5.41) is 10.8. The van der Waals surface area contributed by atoms with E-state index in [4.69, 9.17) is 0 Å². The first-order valence-electron chi connectivity index (χ1n) is 7.53. The molecule has 2 heterocycles. The molecule has 118 valence electrons. The molecule has 2 unspecified atom stereocenters. The predicted octanol–water partition coefficient (Wildman–Crippen LogP) is 2.58. The van der Waals surface area contributed by atoms with Crippen LogP contribution in [0.1, 0.15) is 31.2 Å². The Morgan fingerprint density at radius 3 is 2.55 bits per heavy atom. The van der Waals surface area contributed by atoms with Gasteiger partial charge in [-0.25, -0.2) is 8.78 Å². The fourth-order valence-corrected chi connectivity index (χ4v) is 3.95. The number of benzene rings is 1. The van der Waals surface area contributed by atoms with Gasteiger partial charge >= 0.3 is 0 Å². The standard InChI is InChI=1S/C17H19F2NO2/c1-2-16(21)20-13-5-6-14(20)10-17(22,9-13)8-11-3-4-12(18)7-15(11)19/h2-4,7,13-14,22H,1,5-6,8-10H2. The van der Waals surface area contributed by atoms with Crippen LogP contribution in [0.15, 0.2) is 30.9 Å². The minimum absolute atomic E-state index is 0.0299. The highest BCUT2D eigenvalue weighted by molar-refractivity contribution is 5.87. The van der Waals surface area contributed by atoms with Crippen molar-refractivity contribution < 1.29 is 18.7 Å². The van der Waals surface area contributed by atoms with Crippen molar-refractivity contribution in [1.82, 2.24) is 4.90 Å². The van der Waals surface area contributed by atoms with Gasteiger partial charge in [0.25, 0.3) is 0 Å². The van der Waals surface area contributed by atoms with Crippen LogP contribution in [0, 0.1) is 11.6 Å². The van der Waals surface area contributed by atoms with Gasteiger partial charge in [0.2, 0.25) is 5.91 Å².